The molecule has 4 heteroatoms. The van der Waals surface area contributed by atoms with Crippen molar-refractivity contribution in [1.82, 2.24) is 10.3 Å². The second-order valence-electron chi connectivity index (χ2n) is 4.15. The van der Waals surface area contributed by atoms with Gasteiger partial charge in [0, 0.05) is 6.54 Å². The number of hydrogen-bond donors (Lipinski definition) is 2. The highest BCUT2D eigenvalue weighted by Gasteiger charge is 2.19. The molecular weight excluding hydrogens is 214 g/mol. The first-order chi connectivity index (χ1) is 8.19. The molecule has 3 N–H and O–H groups in total. The SMILES string of the molecule is CCC(C(=O)NN)N(C)CCc1ccccc1. The number of hydrogen-bond acceptors (Lipinski definition) is 3. The fraction of sp³-hybridized carbons (Fsp3) is 0.462. The zero-order valence-corrected chi connectivity index (χ0v) is 10.5. The number of benzene rings is 1. The van der Waals surface area contributed by atoms with E-state index in [2.05, 4.69) is 17.6 Å². The van der Waals surface area contributed by atoms with Crippen molar-refractivity contribution in [3.05, 3.63) is 35.9 Å². The topological polar surface area (TPSA) is 58.4 Å². The fourth-order valence-corrected chi connectivity index (χ4v) is 1.90. The molecule has 0 aliphatic heterocycles. The number of likely N-dealkylation sites (N-methyl/N-ethyl adjacent to an activating group) is 1. The van der Waals surface area contributed by atoms with Crippen molar-refractivity contribution in [2.45, 2.75) is 25.8 Å². The van der Waals surface area contributed by atoms with Crippen molar-refractivity contribution >= 4 is 5.91 Å². The molecule has 4 nitrogen and oxygen atoms in total. The molecule has 1 atom stereocenters. The summed E-state index contributed by atoms with van der Waals surface area (Å²) in [7, 11) is 1.95. The van der Waals surface area contributed by atoms with Gasteiger partial charge in [0.1, 0.15) is 0 Å². The van der Waals surface area contributed by atoms with Crippen LogP contribution < -0.4 is 11.3 Å². The third kappa shape index (κ3) is 4.17. The Kier molecular flexibility index (Phi) is 5.66. The molecule has 94 valence electrons. The van der Waals surface area contributed by atoms with Gasteiger partial charge in [0.2, 0.25) is 0 Å². The van der Waals surface area contributed by atoms with E-state index in [9.17, 15) is 4.79 Å². The first-order valence-corrected chi connectivity index (χ1v) is 5.93. The smallest absolute Gasteiger partial charge is 0.251 e. The summed E-state index contributed by atoms with van der Waals surface area (Å²) in [5, 5.41) is 0. The van der Waals surface area contributed by atoms with E-state index >= 15 is 0 Å². The maximum absolute atomic E-state index is 11.5. The largest absolute Gasteiger partial charge is 0.295 e. The molecule has 0 radical (unpaired) electrons. The molecule has 1 unspecified atom stereocenters. The number of carbonyl (C=O) groups excluding carboxylic acids is 1. The first-order valence-electron chi connectivity index (χ1n) is 5.93. The number of carbonyl (C=O) groups is 1. The van der Waals surface area contributed by atoms with Crippen LogP contribution in [-0.4, -0.2) is 30.4 Å². The molecule has 0 aromatic heterocycles. The summed E-state index contributed by atoms with van der Waals surface area (Å²) < 4.78 is 0. The highest BCUT2D eigenvalue weighted by atomic mass is 16.2. The molecule has 0 fully saturated rings. The van der Waals surface area contributed by atoms with Gasteiger partial charge >= 0.3 is 0 Å². The molecule has 0 spiro atoms. The van der Waals surface area contributed by atoms with Crippen LogP contribution in [0, 0.1) is 0 Å². The molecule has 1 rings (SSSR count). The fourth-order valence-electron chi connectivity index (χ4n) is 1.90. The molecule has 17 heavy (non-hydrogen) atoms. The van der Waals surface area contributed by atoms with E-state index in [-0.39, 0.29) is 11.9 Å². The molecule has 0 saturated carbocycles. The van der Waals surface area contributed by atoms with Crippen LogP contribution in [-0.2, 0) is 11.2 Å². The molecule has 1 aromatic carbocycles. The van der Waals surface area contributed by atoms with Gasteiger partial charge in [0.25, 0.3) is 5.91 Å². The minimum Gasteiger partial charge on any atom is -0.295 e. The van der Waals surface area contributed by atoms with E-state index in [0.717, 1.165) is 19.4 Å². The average Bonchev–Trinajstić information content (AvgIpc) is 2.38. The number of nitrogens with one attached hydrogen (secondary N) is 1. The zero-order valence-electron chi connectivity index (χ0n) is 10.5. The number of hydrazine groups is 1. The van der Waals surface area contributed by atoms with Gasteiger partial charge in [-0.25, -0.2) is 5.84 Å². The standard InChI is InChI=1S/C13H21N3O/c1-3-12(13(17)15-14)16(2)10-9-11-7-5-4-6-8-11/h4-8,12H,3,9-10,14H2,1-2H3,(H,15,17). The normalized spacial score (nSPS) is 12.5. The van der Waals surface area contributed by atoms with E-state index in [0.29, 0.717) is 0 Å². The van der Waals surface area contributed by atoms with Crippen molar-refractivity contribution in [3.63, 3.8) is 0 Å². The van der Waals surface area contributed by atoms with E-state index < -0.39 is 0 Å². The van der Waals surface area contributed by atoms with E-state index in [1.54, 1.807) is 0 Å². The van der Waals surface area contributed by atoms with Crippen LogP contribution >= 0.6 is 0 Å². The molecule has 0 heterocycles. The van der Waals surface area contributed by atoms with Crippen molar-refractivity contribution in [2.75, 3.05) is 13.6 Å². The van der Waals surface area contributed by atoms with Crippen LogP contribution in [0.3, 0.4) is 0 Å². The highest BCUT2D eigenvalue weighted by molar-refractivity contribution is 5.80. The summed E-state index contributed by atoms with van der Waals surface area (Å²) in [6.45, 7) is 2.83. The summed E-state index contributed by atoms with van der Waals surface area (Å²) in [4.78, 5) is 13.6. The molecule has 0 aliphatic carbocycles. The van der Waals surface area contributed by atoms with Gasteiger partial charge in [-0.3, -0.25) is 15.1 Å². The summed E-state index contributed by atoms with van der Waals surface area (Å²) in [6.07, 6.45) is 1.69. The van der Waals surface area contributed by atoms with Crippen LogP contribution in [0.15, 0.2) is 30.3 Å². The average molecular weight is 235 g/mol. The Hall–Kier alpha value is -1.39. The monoisotopic (exact) mass is 235 g/mol. The summed E-state index contributed by atoms with van der Waals surface area (Å²) in [5.74, 6) is 5.05. The predicted octanol–water partition coefficient (Wildman–Crippen LogP) is 0.929. The molecule has 0 saturated heterocycles. The quantitative estimate of drug-likeness (QED) is 0.438. The van der Waals surface area contributed by atoms with Gasteiger partial charge in [0.15, 0.2) is 0 Å². The summed E-state index contributed by atoms with van der Waals surface area (Å²) >= 11 is 0. The Morgan fingerprint density at radius 2 is 2.06 bits per heavy atom. The minimum atomic E-state index is -0.149. The lowest BCUT2D eigenvalue weighted by atomic mass is 10.1. The Balaban J connectivity index is 2.48. The second kappa shape index (κ2) is 7.04. The second-order valence-corrected chi connectivity index (χ2v) is 4.15. The maximum atomic E-state index is 11.5. The molecule has 0 bridgehead atoms. The van der Waals surface area contributed by atoms with Gasteiger partial charge < -0.3 is 0 Å². The number of amides is 1. The van der Waals surface area contributed by atoms with Crippen LogP contribution in [0.4, 0.5) is 0 Å². The Morgan fingerprint density at radius 1 is 1.41 bits per heavy atom. The third-order valence-corrected chi connectivity index (χ3v) is 2.96. The Labute approximate surface area is 103 Å². The highest BCUT2D eigenvalue weighted by Crippen LogP contribution is 2.05. The van der Waals surface area contributed by atoms with Crippen LogP contribution in [0.1, 0.15) is 18.9 Å². The Morgan fingerprint density at radius 3 is 2.59 bits per heavy atom. The van der Waals surface area contributed by atoms with Crippen molar-refractivity contribution in [3.8, 4) is 0 Å². The van der Waals surface area contributed by atoms with Gasteiger partial charge in [-0.15, -0.1) is 0 Å². The van der Waals surface area contributed by atoms with Crippen molar-refractivity contribution < 1.29 is 4.79 Å². The van der Waals surface area contributed by atoms with E-state index in [4.69, 9.17) is 5.84 Å². The number of nitrogens with zero attached hydrogens (tertiary/aromatic N) is 1. The van der Waals surface area contributed by atoms with E-state index in [1.807, 2.05) is 37.1 Å². The van der Waals surface area contributed by atoms with Gasteiger partial charge in [-0.2, -0.15) is 0 Å². The number of rotatable bonds is 6. The minimum absolute atomic E-state index is 0.122. The lowest BCUT2D eigenvalue weighted by Crippen LogP contribution is -2.47. The molecule has 1 amide bonds. The molecule has 1 aromatic rings. The Bertz CT molecular complexity index is 340. The van der Waals surface area contributed by atoms with Crippen LogP contribution in [0.2, 0.25) is 0 Å². The van der Waals surface area contributed by atoms with E-state index in [1.165, 1.54) is 5.56 Å². The maximum Gasteiger partial charge on any atom is 0.251 e. The van der Waals surface area contributed by atoms with Crippen molar-refractivity contribution in [2.24, 2.45) is 5.84 Å². The predicted molar refractivity (Wildman–Crippen MR) is 69.2 cm³/mol. The van der Waals surface area contributed by atoms with Crippen LogP contribution in [0.25, 0.3) is 0 Å². The van der Waals surface area contributed by atoms with Crippen LogP contribution in [0.5, 0.6) is 0 Å². The summed E-state index contributed by atoms with van der Waals surface area (Å²) in [6, 6.07) is 10.1. The summed E-state index contributed by atoms with van der Waals surface area (Å²) in [5.41, 5.74) is 3.49. The lowest BCUT2D eigenvalue weighted by Gasteiger charge is -2.25. The van der Waals surface area contributed by atoms with Crippen molar-refractivity contribution in [1.29, 1.82) is 0 Å². The zero-order chi connectivity index (χ0) is 12.7. The molecule has 0 aliphatic rings. The van der Waals surface area contributed by atoms with Gasteiger partial charge in [-0.1, -0.05) is 37.3 Å². The first kappa shape index (κ1) is 13.7. The van der Waals surface area contributed by atoms with Gasteiger partial charge in [-0.05, 0) is 25.5 Å². The lowest BCUT2D eigenvalue weighted by molar-refractivity contribution is -0.126. The van der Waals surface area contributed by atoms with Gasteiger partial charge in [0.05, 0.1) is 6.04 Å². The number of nitrogens with two attached hydrogens (primary N) is 1. The molecular formula is C13H21N3O. The third-order valence-electron chi connectivity index (χ3n) is 2.96.